The highest BCUT2D eigenvalue weighted by Gasteiger charge is 2.36. The molecule has 0 heterocycles. The van der Waals surface area contributed by atoms with Crippen molar-refractivity contribution in [2.24, 2.45) is 5.92 Å². The zero-order valence-electron chi connectivity index (χ0n) is 23.0. The van der Waals surface area contributed by atoms with Crippen molar-refractivity contribution < 1.29 is 27.6 Å². The Balaban J connectivity index is 2.01. The van der Waals surface area contributed by atoms with Crippen LogP contribution in [0.4, 0.5) is 0 Å². The summed E-state index contributed by atoms with van der Waals surface area (Å²) < 4.78 is 26.5. The zero-order chi connectivity index (χ0) is 27.3. The number of carbonyl (C=O) groups is 1. The van der Waals surface area contributed by atoms with Gasteiger partial charge in [0.15, 0.2) is 39.3 Å². The maximum absolute atomic E-state index is 12.0. The first-order valence-electron chi connectivity index (χ1n) is 12.8. The maximum atomic E-state index is 12.0. The highest BCUT2D eigenvalue weighted by atomic mass is 79.9. The van der Waals surface area contributed by atoms with Crippen LogP contribution >= 0.6 is 16.3 Å². The van der Waals surface area contributed by atoms with Gasteiger partial charge in [0.1, 0.15) is 0 Å². The summed E-state index contributed by atoms with van der Waals surface area (Å²) in [6, 6.07) is 12.2. The van der Waals surface area contributed by atoms with Gasteiger partial charge in [0.2, 0.25) is 0 Å². The van der Waals surface area contributed by atoms with Gasteiger partial charge < -0.3 is 28.1 Å². The first-order valence-corrected chi connectivity index (χ1v) is 13.5. The Morgan fingerprint density at radius 2 is 1.43 bits per heavy atom. The number of halogens is 1. The first-order chi connectivity index (χ1) is 17.8. The summed E-state index contributed by atoms with van der Waals surface area (Å²) in [6.07, 6.45) is 4.91. The second-order valence-electron chi connectivity index (χ2n) is 9.48. The van der Waals surface area contributed by atoms with Gasteiger partial charge in [0, 0.05) is 6.42 Å². The molecule has 0 amide bonds. The third kappa shape index (κ3) is 8.54. The molecular weight excluding hydrogens is 538 g/mol. The molecule has 206 valence electrons. The molecule has 0 fully saturated rings. The van der Waals surface area contributed by atoms with Crippen LogP contribution in [0.2, 0.25) is 0 Å². The maximum Gasteiger partial charge on any atom is 0.317 e. The second-order valence-corrected chi connectivity index (χ2v) is 9.80. The largest absolute Gasteiger partial charge is 0.493 e. The van der Waals surface area contributed by atoms with Gasteiger partial charge in [-0.1, -0.05) is 26.0 Å². The van der Waals surface area contributed by atoms with Crippen LogP contribution in [0.25, 0.3) is 0 Å². The number of nitrogens with one attached hydrogen (secondary N) is 1. The number of rotatable bonds is 17. The van der Waals surface area contributed by atoms with Crippen molar-refractivity contribution in [2.45, 2.75) is 57.8 Å². The van der Waals surface area contributed by atoms with Crippen LogP contribution in [0.1, 0.15) is 57.1 Å². The Labute approximate surface area is 230 Å². The van der Waals surface area contributed by atoms with Crippen LogP contribution < -0.4 is 24.3 Å². The minimum atomic E-state index is -0.265. The summed E-state index contributed by atoms with van der Waals surface area (Å²) in [5.41, 5.74) is 2.17. The van der Waals surface area contributed by atoms with Crippen molar-refractivity contribution in [3.63, 3.8) is 0 Å². The van der Waals surface area contributed by atoms with E-state index in [1.807, 2.05) is 18.2 Å². The van der Waals surface area contributed by atoms with E-state index in [4.69, 9.17) is 22.8 Å². The molecule has 0 aliphatic heterocycles. The van der Waals surface area contributed by atoms with Crippen LogP contribution in [0.15, 0.2) is 36.4 Å². The van der Waals surface area contributed by atoms with Crippen molar-refractivity contribution in [1.29, 1.82) is 0 Å². The first kappa shape index (κ1) is 30.8. The van der Waals surface area contributed by atoms with E-state index in [0.717, 1.165) is 55.8 Å². The van der Waals surface area contributed by atoms with Crippen LogP contribution in [-0.4, -0.2) is 47.5 Å². The average Bonchev–Trinajstić information content (AvgIpc) is 2.93. The van der Waals surface area contributed by atoms with E-state index in [0.29, 0.717) is 30.3 Å². The lowest BCUT2D eigenvalue weighted by Crippen LogP contribution is -2.34. The SMILES string of the molecule is COc1ccc(CCCNCCCC(CCC(=O)OBr)(c2ccc(OC)c(OC)c2)C(C)C)cc1OC. The van der Waals surface area contributed by atoms with Crippen molar-refractivity contribution in [1.82, 2.24) is 5.32 Å². The molecule has 0 aliphatic rings. The lowest BCUT2D eigenvalue weighted by atomic mass is 9.66. The summed E-state index contributed by atoms with van der Waals surface area (Å²) in [7, 11) is 6.59. The minimum Gasteiger partial charge on any atom is -0.493 e. The molecule has 0 radical (unpaired) electrons. The number of benzene rings is 2. The van der Waals surface area contributed by atoms with Gasteiger partial charge in [0.25, 0.3) is 0 Å². The fourth-order valence-corrected chi connectivity index (χ4v) is 5.10. The van der Waals surface area contributed by atoms with Crippen LogP contribution in [0.5, 0.6) is 23.0 Å². The van der Waals surface area contributed by atoms with Gasteiger partial charge in [0.05, 0.1) is 28.4 Å². The molecule has 1 N–H and O–H groups in total. The molecule has 2 rings (SSSR count). The van der Waals surface area contributed by atoms with Gasteiger partial charge in [-0.05, 0) is 91.9 Å². The molecule has 37 heavy (non-hydrogen) atoms. The summed E-state index contributed by atoms with van der Waals surface area (Å²) in [6.45, 7) is 6.26. The number of carbonyl (C=O) groups excluding carboxylic acids is 1. The fraction of sp³-hybridized carbons (Fsp3) is 0.552. The van der Waals surface area contributed by atoms with Gasteiger partial charge >= 0.3 is 5.97 Å². The van der Waals surface area contributed by atoms with Gasteiger partial charge in [-0.25, -0.2) is 0 Å². The molecule has 0 saturated carbocycles. The number of hydrogen-bond acceptors (Lipinski definition) is 7. The summed E-state index contributed by atoms with van der Waals surface area (Å²) >= 11 is 2.83. The normalized spacial score (nSPS) is 12.6. The smallest absolute Gasteiger partial charge is 0.317 e. The highest BCUT2D eigenvalue weighted by molar-refractivity contribution is 9.06. The standard InChI is InChI=1S/C29H42BrNO6/c1-21(2)29(16-14-28(32)37-30,23-11-13-25(34-4)27(20-23)36-6)15-8-18-31-17-7-9-22-10-12-24(33-3)26(19-22)35-5/h10-13,19-21,31H,7-9,14-18H2,1-6H3. The third-order valence-electron chi connectivity index (χ3n) is 7.17. The quantitative estimate of drug-likeness (QED) is 0.222. The lowest BCUT2D eigenvalue weighted by molar-refractivity contribution is -0.132. The van der Waals surface area contributed by atoms with E-state index < -0.39 is 0 Å². The molecular formula is C29H42BrNO6. The van der Waals surface area contributed by atoms with E-state index in [1.54, 1.807) is 28.4 Å². The summed E-state index contributed by atoms with van der Waals surface area (Å²) in [5, 5.41) is 3.59. The lowest BCUT2D eigenvalue weighted by Gasteiger charge is -2.39. The molecule has 2 aromatic carbocycles. The Morgan fingerprint density at radius 1 is 0.838 bits per heavy atom. The number of aryl methyl sites for hydroxylation is 1. The third-order valence-corrected chi connectivity index (χ3v) is 7.53. The molecule has 1 unspecified atom stereocenters. The molecule has 0 aliphatic carbocycles. The number of ether oxygens (including phenoxy) is 4. The molecule has 1 atom stereocenters. The fourth-order valence-electron chi connectivity index (χ4n) is 4.94. The summed E-state index contributed by atoms with van der Waals surface area (Å²) in [5.74, 6) is 2.94. The van der Waals surface area contributed by atoms with E-state index in [1.165, 1.54) is 5.56 Å². The van der Waals surface area contributed by atoms with E-state index in [2.05, 4.69) is 53.6 Å². The van der Waals surface area contributed by atoms with E-state index in [-0.39, 0.29) is 11.4 Å². The van der Waals surface area contributed by atoms with Crippen LogP contribution in [-0.2, 0) is 20.5 Å². The molecule has 2 aromatic rings. The molecule has 0 spiro atoms. The Kier molecular flexibility index (Phi) is 13.1. The molecule has 8 heteroatoms. The predicted molar refractivity (Wildman–Crippen MR) is 150 cm³/mol. The minimum absolute atomic E-state index is 0.206. The molecule has 0 bridgehead atoms. The second kappa shape index (κ2) is 15.7. The Hall–Kier alpha value is -2.45. The average molecular weight is 581 g/mol. The van der Waals surface area contributed by atoms with Crippen molar-refractivity contribution in [3.8, 4) is 23.0 Å². The van der Waals surface area contributed by atoms with Crippen molar-refractivity contribution >= 4 is 22.2 Å². The molecule has 0 saturated heterocycles. The van der Waals surface area contributed by atoms with Crippen LogP contribution in [0, 0.1) is 5.92 Å². The monoisotopic (exact) mass is 579 g/mol. The topological polar surface area (TPSA) is 75.3 Å². The zero-order valence-corrected chi connectivity index (χ0v) is 24.6. The Bertz CT molecular complexity index is 983. The molecule has 0 aromatic heterocycles. The predicted octanol–water partition coefficient (Wildman–Crippen LogP) is 6.25. The summed E-state index contributed by atoms with van der Waals surface area (Å²) in [4.78, 5) is 12.0. The number of hydrogen-bond donors (Lipinski definition) is 1. The van der Waals surface area contributed by atoms with Crippen molar-refractivity contribution in [2.75, 3.05) is 41.5 Å². The van der Waals surface area contributed by atoms with Crippen molar-refractivity contribution in [3.05, 3.63) is 47.5 Å². The van der Waals surface area contributed by atoms with Gasteiger partial charge in [-0.15, -0.1) is 0 Å². The van der Waals surface area contributed by atoms with Gasteiger partial charge in [-0.2, -0.15) is 0 Å². The van der Waals surface area contributed by atoms with E-state index in [9.17, 15) is 4.79 Å². The van der Waals surface area contributed by atoms with E-state index >= 15 is 0 Å². The highest BCUT2D eigenvalue weighted by Crippen LogP contribution is 2.44. The number of methoxy groups -OCH3 is 4. The van der Waals surface area contributed by atoms with Crippen LogP contribution in [0.3, 0.4) is 0 Å². The molecule has 7 nitrogen and oxygen atoms in total. The Morgan fingerprint density at radius 3 is 2.03 bits per heavy atom. The van der Waals surface area contributed by atoms with Gasteiger partial charge in [-0.3, -0.25) is 4.79 Å².